The molecule has 1 aromatic carbocycles. The topological polar surface area (TPSA) is 71.1 Å². The molecule has 3 rings (SSSR count). The summed E-state index contributed by atoms with van der Waals surface area (Å²) in [5.41, 5.74) is 1.99. The number of nitrogens with one attached hydrogen (secondary N) is 1. The molecule has 1 aromatic rings. The number of piperazine rings is 1. The molecule has 148 valence electrons. The number of fused-ring (bicyclic) bond motifs is 1. The van der Waals surface area contributed by atoms with Gasteiger partial charge in [0.1, 0.15) is 12.4 Å². The largest absolute Gasteiger partial charge is 0.493 e. The van der Waals surface area contributed by atoms with Crippen molar-refractivity contribution in [2.45, 2.75) is 26.2 Å². The number of benzene rings is 1. The van der Waals surface area contributed by atoms with Crippen LogP contribution in [0.1, 0.15) is 25.3 Å². The molecule has 2 aliphatic heterocycles. The van der Waals surface area contributed by atoms with Crippen molar-refractivity contribution >= 4 is 17.6 Å². The van der Waals surface area contributed by atoms with Crippen molar-refractivity contribution in [3.63, 3.8) is 0 Å². The van der Waals surface area contributed by atoms with Gasteiger partial charge in [0.2, 0.25) is 5.91 Å². The van der Waals surface area contributed by atoms with Gasteiger partial charge in [0.05, 0.1) is 6.61 Å². The Kier molecular flexibility index (Phi) is 7.06. The van der Waals surface area contributed by atoms with Gasteiger partial charge in [0.25, 0.3) is 0 Å². The lowest BCUT2D eigenvalue weighted by atomic mass is 10.0. The second kappa shape index (κ2) is 9.71. The van der Waals surface area contributed by atoms with Crippen LogP contribution >= 0.6 is 0 Å². The second-order valence-electron chi connectivity index (χ2n) is 7.06. The zero-order valence-corrected chi connectivity index (χ0v) is 16.0. The molecule has 0 aromatic heterocycles. The Hall–Kier alpha value is -2.12. The van der Waals surface area contributed by atoms with Crippen LogP contribution in [0.3, 0.4) is 0 Å². The molecule has 0 radical (unpaired) electrons. The van der Waals surface area contributed by atoms with E-state index in [1.807, 2.05) is 18.2 Å². The molecule has 1 fully saturated rings. The molecule has 0 saturated carbocycles. The summed E-state index contributed by atoms with van der Waals surface area (Å²) >= 11 is 0. The summed E-state index contributed by atoms with van der Waals surface area (Å²) in [5, 5.41) is 2.91. The minimum Gasteiger partial charge on any atom is -0.493 e. The fourth-order valence-electron chi connectivity index (χ4n) is 3.55. The highest BCUT2D eigenvalue weighted by molar-refractivity contribution is 5.94. The smallest absolute Gasteiger partial charge is 0.302 e. The van der Waals surface area contributed by atoms with Crippen LogP contribution in [-0.2, 0) is 20.7 Å². The van der Waals surface area contributed by atoms with E-state index in [0.717, 1.165) is 69.1 Å². The number of ether oxygens (including phenoxy) is 2. The quantitative estimate of drug-likeness (QED) is 0.549. The third-order valence-electron chi connectivity index (χ3n) is 5.06. The highest BCUT2D eigenvalue weighted by atomic mass is 16.5. The lowest BCUT2D eigenvalue weighted by Crippen LogP contribution is -2.47. The van der Waals surface area contributed by atoms with Gasteiger partial charge >= 0.3 is 5.97 Å². The van der Waals surface area contributed by atoms with Crippen molar-refractivity contribution in [2.75, 3.05) is 57.8 Å². The molecule has 7 heteroatoms. The number of amides is 1. The maximum atomic E-state index is 11.5. The first-order valence-electron chi connectivity index (χ1n) is 9.74. The molecule has 1 amide bonds. The van der Waals surface area contributed by atoms with Gasteiger partial charge in [-0.3, -0.25) is 14.5 Å². The number of carbonyl (C=O) groups is 2. The Labute approximate surface area is 160 Å². The molecule has 0 unspecified atom stereocenters. The molecular formula is C20H29N3O4. The van der Waals surface area contributed by atoms with Crippen molar-refractivity contribution < 1.29 is 19.1 Å². The van der Waals surface area contributed by atoms with Gasteiger partial charge in [-0.15, -0.1) is 0 Å². The van der Waals surface area contributed by atoms with E-state index in [1.165, 1.54) is 6.92 Å². The van der Waals surface area contributed by atoms with Crippen molar-refractivity contribution in [2.24, 2.45) is 0 Å². The maximum Gasteiger partial charge on any atom is 0.302 e. The minimum absolute atomic E-state index is 0.0756. The third-order valence-corrected chi connectivity index (χ3v) is 5.06. The van der Waals surface area contributed by atoms with E-state index in [1.54, 1.807) is 0 Å². The van der Waals surface area contributed by atoms with Crippen LogP contribution < -0.4 is 10.1 Å². The van der Waals surface area contributed by atoms with E-state index in [0.29, 0.717) is 19.6 Å². The third kappa shape index (κ3) is 5.94. The second-order valence-corrected chi connectivity index (χ2v) is 7.06. The molecule has 1 N–H and O–H groups in total. The lowest BCUT2D eigenvalue weighted by molar-refractivity contribution is -0.141. The van der Waals surface area contributed by atoms with Gasteiger partial charge in [-0.05, 0) is 25.0 Å². The summed E-state index contributed by atoms with van der Waals surface area (Å²) in [4.78, 5) is 27.1. The monoisotopic (exact) mass is 375 g/mol. The summed E-state index contributed by atoms with van der Waals surface area (Å²) in [6.45, 7) is 8.51. The van der Waals surface area contributed by atoms with Crippen LogP contribution in [-0.4, -0.2) is 74.2 Å². The minimum atomic E-state index is -0.212. The molecule has 0 spiro atoms. The zero-order valence-electron chi connectivity index (χ0n) is 16.0. The molecule has 1 saturated heterocycles. The van der Waals surface area contributed by atoms with Crippen molar-refractivity contribution in [3.05, 3.63) is 23.8 Å². The molecule has 0 aliphatic carbocycles. The Balaban J connectivity index is 1.33. The fourth-order valence-corrected chi connectivity index (χ4v) is 3.55. The molecule has 7 nitrogen and oxygen atoms in total. The number of hydrogen-bond donors (Lipinski definition) is 1. The van der Waals surface area contributed by atoms with Crippen LogP contribution in [0.5, 0.6) is 5.75 Å². The van der Waals surface area contributed by atoms with E-state index < -0.39 is 0 Å². The molecule has 2 heterocycles. The Bertz CT molecular complexity index is 657. The fraction of sp³-hybridized carbons (Fsp3) is 0.600. The Morgan fingerprint density at radius 1 is 1.07 bits per heavy atom. The summed E-state index contributed by atoms with van der Waals surface area (Å²) in [6.07, 6.45) is 2.24. The first kappa shape index (κ1) is 19.6. The lowest BCUT2D eigenvalue weighted by Gasteiger charge is -2.34. The number of nitrogens with zero attached hydrogens (tertiary/aromatic N) is 2. The number of rotatable bonds is 8. The molecule has 27 heavy (non-hydrogen) atoms. The predicted molar refractivity (Wildman–Crippen MR) is 103 cm³/mol. The van der Waals surface area contributed by atoms with E-state index in [-0.39, 0.29) is 11.9 Å². The number of carbonyl (C=O) groups excluding carboxylic acids is 2. The van der Waals surface area contributed by atoms with Crippen molar-refractivity contribution in [1.82, 2.24) is 9.80 Å². The average Bonchev–Trinajstić information content (AvgIpc) is 2.66. The zero-order chi connectivity index (χ0) is 19.1. The van der Waals surface area contributed by atoms with Crippen molar-refractivity contribution in [1.29, 1.82) is 0 Å². The summed E-state index contributed by atoms with van der Waals surface area (Å²) in [6, 6.07) is 5.84. The molecule has 0 bridgehead atoms. The predicted octanol–water partition coefficient (Wildman–Crippen LogP) is 1.52. The summed E-state index contributed by atoms with van der Waals surface area (Å²) < 4.78 is 11.0. The molecule has 0 atom stereocenters. The Morgan fingerprint density at radius 3 is 2.56 bits per heavy atom. The highest BCUT2D eigenvalue weighted by Crippen LogP contribution is 2.31. The van der Waals surface area contributed by atoms with Gasteiger partial charge in [0.15, 0.2) is 0 Å². The normalized spacial score (nSPS) is 17.9. The molecular weight excluding hydrogens is 346 g/mol. The summed E-state index contributed by atoms with van der Waals surface area (Å²) in [7, 11) is 0. The van der Waals surface area contributed by atoms with Crippen molar-refractivity contribution in [3.8, 4) is 5.75 Å². The number of esters is 1. The van der Waals surface area contributed by atoms with Crippen LogP contribution in [0, 0.1) is 0 Å². The van der Waals surface area contributed by atoms with Gasteiger partial charge < -0.3 is 19.7 Å². The highest BCUT2D eigenvalue weighted by Gasteiger charge is 2.19. The van der Waals surface area contributed by atoms with Crippen LogP contribution in [0.4, 0.5) is 5.69 Å². The van der Waals surface area contributed by atoms with Crippen LogP contribution in [0.2, 0.25) is 0 Å². The van der Waals surface area contributed by atoms with Crippen LogP contribution in [0.15, 0.2) is 18.2 Å². The van der Waals surface area contributed by atoms with E-state index in [4.69, 9.17) is 9.47 Å². The number of anilines is 1. The first-order valence-corrected chi connectivity index (χ1v) is 9.74. The standard InChI is InChI=1S/C20H29N3O4/c1-16(24)26-15-13-23-11-9-22(10-12-23)8-3-14-27-19-5-2-4-18-17(19)6-7-20(25)21-18/h2,4-5H,3,6-15H2,1H3,(H,21,25). The molecule has 2 aliphatic rings. The first-order chi connectivity index (χ1) is 13.1. The number of hydrogen-bond acceptors (Lipinski definition) is 6. The van der Waals surface area contributed by atoms with E-state index >= 15 is 0 Å². The van der Waals surface area contributed by atoms with Gasteiger partial charge in [0, 0.05) is 63.9 Å². The van der Waals surface area contributed by atoms with E-state index in [9.17, 15) is 9.59 Å². The maximum absolute atomic E-state index is 11.5. The SMILES string of the molecule is CC(=O)OCCN1CCN(CCCOc2cccc3c2CCC(=O)N3)CC1. The summed E-state index contributed by atoms with van der Waals surface area (Å²) in [5.74, 6) is 0.755. The average molecular weight is 375 g/mol. The van der Waals surface area contributed by atoms with Gasteiger partial charge in [-0.25, -0.2) is 0 Å². The van der Waals surface area contributed by atoms with Gasteiger partial charge in [-0.2, -0.15) is 0 Å². The van der Waals surface area contributed by atoms with Crippen LogP contribution in [0.25, 0.3) is 0 Å². The Morgan fingerprint density at radius 2 is 1.81 bits per heavy atom. The van der Waals surface area contributed by atoms with E-state index in [2.05, 4.69) is 15.1 Å². The van der Waals surface area contributed by atoms with Gasteiger partial charge in [-0.1, -0.05) is 6.07 Å².